The number of hydrogen-bond donors (Lipinski definition) is 1. The number of nitrogens with zero attached hydrogens (tertiary/aromatic N) is 5. The zero-order valence-corrected chi connectivity index (χ0v) is 24.7. The lowest BCUT2D eigenvalue weighted by Crippen LogP contribution is -2.21. The summed E-state index contributed by atoms with van der Waals surface area (Å²) in [5.74, 6) is 0.0346. The van der Waals surface area contributed by atoms with Gasteiger partial charge in [0, 0.05) is 55.8 Å². The van der Waals surface area contributed by atoms with Crippen molar-refractivity contribution in [2.75, 3.05) is 19.7 Å². The van der Waals surface area contributed by atoms with Gasteiger partial charge in [0.1, 0.15) is 17.5 Å². The van der Waals surface area contributed by atoms with Crippen LogP contribution >= 0.6 is 23.2 Å². The molecule has 42 heavy (non-hydrogen) atoms. The van der Waals surface area contributed by atoms with Crippen molar-refractivity contribution in [2.24, 2.45) is 0 Å². The number of aliphatic hydroxyl groups excluding tert-OH is 1. The summed E-state index contributed by atoms with van der Waals surface area (Å²) in [6.45, 7) is 4.62. The van der Waals surface area contributed by atoms with Crippen LogP contribution in [0.15, 0.2) is 48.9 Å². The first-order valence-electron chi connectivity index (χ1n) is 14.2. The van der Waals surface area contributed by atoms with Crippen LogP contribution in [0.1, 0.15) is 67.5 Å². The molecule has 0 bridgehead atoms. The number of pyridine rings is 2. The SMILES string of the molecule is CC(Oc1ccc2c(c1)c(/C(F)=C/c1ccc(CN3CCC(O)C3)nc1)nn2C1CCCCO1)c1c(Cl)cncc1Cl. The molecular weight excluding hydrogens is 580 g/mol. The molecule has 220 valence electrons. The molecule has 4 aromatic rings. The fourth-order valence-electron chi connectivity index (χ4n) is 5.59. The van der Waals surface area contributed by atoms with Crippen molar-refractivity contribution in [3.8, 4) is 5.75 Å². The van der Waals surface area contributed by atoms with Gasteiger partial charge in [-0.3, -0.25) is 14.9 Å². The molecule has 5 heterocycles. The molecule has 0 amide bonds. The number of fused-ring (bicyclic) bond motifs is 1. The minimum absolute atomic E-state index is 0.201. The molecule has 2 fully saturated rings. The Hall–Kier alpha value is -3.08. The summed E-state index contributed by atoms with van der Waals surface area (Å²) in [6, 6.07) is 9.22. The second-order valence-electron chi connectivity index (χ2n) is 10.8. The summed E-state index contributed by atoms with van der Waals surface area (Å²) in [4.78, 5) is 10.7. The topological polar surface area (TPSA) is 85.5 Å². The van der Waals surface area contributed by atoms with Gasteiger partial charge in [-0.15, -0.1) is 0 Å². The molecule has 8 nitrogen and oxygen atoms in total. The molecule has 0 spiro atoms. The highest BCUT2D eigenvalue weighted by Gasteiger charge is 2.24. The van der Waals surface area contributed by atoms with Crippen molar-refractivity contribution in [3.05, 3.63) is 81.5 Å². The van der Waals surface area contributed by atoms with Crippen molar-refractivity contribution >= 4 is 46.0 Å². The van der Waals surface area contributed by atoms with Gasteiger partial charge in [0.25, 0.3) is 0 Å². The Morgan fingerprint density at radius 2 is 2.00 bits per heavy atom. The molecule has 11 heteroatoms. The second kappa shape index (κ2) is 12.7. The fraction of sp³-hybridized carbons (Fsp3) is 0.387. The lowest BCUT2D eigenvalue weighted by Gasteiger charge is -2.23. The maximum atomic E-state index is 16.0. The molecule has 1 N–H and O–H groups in total. The third kappa shape index (κ3) is 6.31. The van der Waals surface area contributed by atoms with E-state index in [1.807, 2.05) is 31.2 Å². The molecule has 3 atom stereocenters. The molecule has 3 unspecified atom stereocenters. The molecule has 1 aromatic carbocycles. The van der Waals surface area contributed by atoms with Crippen molar-refractivity contribution in [1.29, 1.82) is 0 Å². The molecule has 2 aliphatic heterocycles. The van der Waals surface area contributed by atoms with Gasteiger partial charge in [-0.1, -0.05) is 29.3 Å². The van der Waals surface area contributed by atoms with Crippen molar-refractivity contribution in [1.82, 2.24) is 24.6 Å². The Morgan fingerprint density at radius 1 is 1.17 bits per heavy atom. The number of halogens is 3. The summed E-state index contributed by atoms with van der Waals surface area (Å²) >= 11 is 12.7. The summed E-state index contributed by atoms with van der Waals surface area (Å²) in [7, 11) is 0. The van der Waals surface area contributed by atoms with Gasteiger partial charge < -0.3 is 14.6 Å². The van der Waals surface area contributed by atoms with Crippen molar-refractivity contribution in [3.63, 3.8) is 0 Å². The third-order valence-corrected chi connectivity index (χ3v) is 8.32. The number of aliphatic hydroxyl groups is 1. The largest absolute Gasteiger partial charge is 0.486 e. The lowest BCUT2D eigenvalue weighted by atomic mass is 10.1. The number of rotatable bonds is 8. The van der Waals surface area contributed by atoms with Crippen LogP contribution in [0.25, 0.3) is 22.8 Å². The number of hydrogen-bond acceptors (Lipinski definition) is 7. The van der Waals surface area contributed by atoms with Crippen molar-refractivity contribution < 1.29 is 19.0 Å². The van der Waals surface area contributed by atoms with Crippen LogP contribution in [0, 0.1) is 0 Å². The predicted molar refractivity (Wildman–Crippen MR) is 161 cm³/mol. The van der Waals surface area contributed by atoms with Gasteiger partial charge in [0.05, 0.1) is 27.4 Å². The van der Waals surface area contributed by atoms with Gasteiger partial charge >= 0.3 is 0 Å². The Labute approximate surface area is 253 Å². The zero-order chi connectivity index (χ0) is 29.2. The highest BCUT2D eigenvalue weighted by molar-refractivity contribution is 6.35. The minimum atomic E-state index is -0.489. The third-order valence-electron chi connectivity index (χ3n) is 7.72. The Bertz CT molecular complexity index is 1570. The maximum Gasteiger partial charge on any atom is 0.151 e. The summed E-state index contributed by atoms with van der Waals surface area (Å²) in [5.41, 5.74) is 3.07. The summed E-state index contributed by atoms with van der Waals surface area (Å²) < 4.78 is 30.0. The van der Waals surface area contributed by atoms with Gasteiger partial charge in [-0.2, -0.15) is 5.10 Å². The number of likely N-dealkylation sites (tertiary alicyclic amines) is 1. The average Bonchev–Trinajstić information content (AvgIpc) is 3.57. The maximum absolute atomic E-state index is 16.0. The van der Waals surface area contributed by atoms with E-state index in [9.17, 15) is 5.11 Å². The average molecular weight is 613 g/mol. The molecular formula is C31H32Cl2FN5O3. The number of β-amino-alcohol motifs (C(OH)–C–C–N with tert-alkyl or cyclic N) is 1. The molecule has 0 aliphatic carbocycles. The van der Waals surface area contributed by atoms with E-state index in [4.69, 9.17) is 37.8 Å². The standard InChI is InChI=1S/C31H32Cl2FN5O3/c1-19(30-25(32)15-35-16-26(30)33)42-23-7-8-28-24(13-23)31(37-39(28)29-4-2-3-11-41-29)27(34)12-20-5-6-21(36-14-20)17-38-10-9-22(40)18-38/h5-8,12-16,19,22,29,40H,2-4,9-11,17-18H2,1H3/b27-12-. The highest BCUT2D eigenvalue weighted by Crippen LogP contribution is 2.37. The van der Waals surface area contributed by atoms with Gasteiger partial charge in [0.2, 0.25) is 0 Å². The Morgan fingerprint density at radius 3 is 2.69 bits per heavy atom. The first-order valence-corrected chi connectivity index (χ1v) is 14.9. The summed E-state index contributed by atoms with van der Waals surface area (Å²) in [5, 5.41) is 15.9. The molecule has 2 aliphatic rings. The first-order chi connectivity index (χ1) is 20.4. The molecule has 2 saturated heterocycles. The van der Waals surface area contributed by atoms with E-state index in [1.54, 1.807) is 16.9 Å². The molecule has 3 aromatic heterocycles. The number of benzene rings is 1. The number of ether oxygens (including phenoxy) is 2. The van der Waals surface area contributed by atoms with Crippen LogP contribution in [0.5, 0.6) is 5.75 Å². The van der Waals surface area contributed by atoms with Crippen LogP contribution in [-0.2, 0) is 11.3 Å². The van der Waals surface area contributed by atoms with E-state index in [0.717, 1.165) is 43.4 Å². The van der Waals surface area contributed by atoms with E-state index in [0.29, 0.717) is 52.0 Å². The normalized spacial score (nSPS) is 20.7. The summed E-state index contributed by atoms with van der Waals surface area (Å²) in [6.07, 6.45) is 8.70. The van der Waals surface area contributed by atoms with Crippen LogP contribution < -0.4 is 4.74 Å². The van der Waals surface area contributed by atoms with E-state index < -0.39 is 11.9 Å². The van der Waals surface area contributed by atoms with Crippen LogP contribution in [0.2, 0.25) is 10.0 Å². The Kier molecular flexibility index (Phi) is 8.74. The predicted octanol–water partition coefficient (Wildman–Crippen LogP) is 7.01. The van der Waals surface area contributed by atoms with Crippen molar-refractivity contribution in [2.45, 2.75) is 57.6 Å². The van der Waals surface area contributed by atoms with E-state index >= 15 is 4.39 Å². The number of aromatic nitrogens is 4. The zero-order valence-electron chi connectivity index (χ0n) is 23.2. The quantitative estimate of drug-likeness (QED) is 0.229. The monoisotopic (exact) mass is 611 g/mol. The molecule has 0 saturated carbocycles. The van der Waals surface area contributed by atoms with Gasteiger partial charge in [-0.25, -0.2) is 9.07 Å². The molecule has 0 radical (unpaired) electrons. The van der Waals surface area contributed by atoms with Crippen LogP contribution in [0.3, 0.4) is 0 Å². The highest BCUT2D eigenvalue weighted by atomic mass is 35.5. The first kappa shape index (κ1) is 29.0. The van der Waals surface area contributed by atoms with Gasteiger partial charge in [-0.05, 0) is 68.5 Å². The Balaban J connectivity index is 1.30. The van der Waals surface area contributed by atoms with E-state index in [1.165, 1.54) is 18.5 Å². The molecule has 6 rings (SSSR count). The van der Waals surface area contributed by atoms with E-state index in [2.05, 4.69) is 14.9 Å². The lowest BCUT2D eigenvalue weighted by molar-refractivity contribution is -0.0367. The van der Waals surface area contributed by atoms with Crippen LogP contribution in [-0.4, -0.2) is 55.6 Å². The minimum Gasteiger partial charge on any atom is -0.486 e. The van der Waals surface area contributed by atoms with E-state index in [-0.39, 0.29) is 18.0 Å². The van der Waals surface area contributed by atoms with Crippen LogP contribution in [0.4, 0.5) is 4.39 Å². The smallest absolute Gasteiger partial charge is 0.151 e. The fourth-order valence-corrected chi connectivity index (χ4v) is 6.27. The second-order valence-corrected chi connectivity index (χ2v) is 11.6. The van der Waals surface area contributed by atoms with Gasteiger partial charge in [0.15, 0.2) is 12.1 Å².